The zero-order valence-corrected chi connectivity index (χ0v) is 19.4. The van der Waals surface area contributed by atoms with Gasteiger partial charge in [0.1, 0.15) is 17.2 Å². The van der Waals surface area contributed by atoms with Crippen LogP contribution in [0.25, 0.3) is 11.4 Å². The largest absolute Gasteiger partial charge is 0.573 e. The number of aromatic hydroxyl groups is 1. The van der Waals surface area contributed by atoms with Crippen molar-refractivity contribution in [1.29, 1.82) is 0 Å². The summed E-state index contributed by atoms with van der Waals surface area (Å²) < 4.78 is 51.5. The summed E-state index contributed by atoms with van der Waals surface area (Å²) in [4.78, 5) is 16.4. The van der Waals surface area contributed by atoms with Gasteiger partial charge in [0.05, 0.1) is 10.0 Å². The lowest BCUT2D eigenvalue weighted by molar-refractivity contribution is -0.274. The number of hydrogen-bond donors (Lipinski definition) is 2. The SMILES string of the molecule is O=C(NCc1ccc(Oc2cccc(OC(F)(F)F)c2)cc1)c1nc(-c2cc(Cl)c(O)c(Cl)c2)no1. The van der Waals surface area contributed by atoms with Gasteiger partial charge in [-0.3, -0.25) is 4.79 Å². The van der Waals surface area contributed by atoms with Crippen molar-refractivity contribution < 1.29 is 37.1 Å². The van der Waals surface area contributed by atoms with E-state index in [0.717, 1.165) is 12.1 Å². The van der Waals surface area contributed by atoms with Crippen LogP contribution in [0.15, 0.2) is 65.2 Å². The Morgan fingerprint density at radius 2 is 1.67 bits per heavy atom. The smallest absolute Gasteiger partial charge is 0.505 e. The van der Waals surface area contributed by atoms with Gasteiger partial charge in [-0.2, -0.15) is 4.98 Å². The number of carbonyl (C=O) groups is 1. The van der Waals surface area contributed by atoms with E-state index < -0.39 is 18.0 Å². The van der Waals surface area contributed by atoms with Crippen molar-refractivity contribution in [3.63, 3.8) is 0 Å². The summed E-state index contributed by atoms with van der Waals surface area (Å²) in [6.07, 6.45) is -4.81. The second-order valence-corrected chi connectivity index (χ2v) is 7.98. The van der Waals surface area contributed by atoms with E-state index in [-0.39, 0.29) is 39.8 Å². The van der Waals surface area contributed by atoms with E-state index in [1.54, 1.807) is 24.3 Å². The predicted molar refractivity (Wildman–Crippen MR) is 122 cm³/mol. The van der Waals surface area contributed by atoms with Crippen LogP contribution in [0.2, 0.25) is 10.0 Å². The van der Waals surface area contributed by atoms with E-state index in [4.69, 9.17) is 32.5 Å². The van der Waals surface area contributed by atoms with E-state index >= 15 is 0 Å². The molecule has 4 aromatic rings. The van der Waals surface area contributed by atoms with Crippen molar-refractivity contribution in [1.82, 2.24) is 15.5 Å². The lowest BCUT2D eigenvalue weighted by Gasteiger charge is -2.11. The number of hydrogen-bond acceptors (Lipinski definition) is 7. The number of carbonyl (C=O) groups excluding carboxylic acids is 1. The van der Waals surface area contributed by atoms with Crippen LogP contribution in [0.4, 0.5) is 13.2 Å². The number of phenolic OH excluding ortho intramolecular Hbond substituents is 1. The van der Waals surface area contributed by atoms with Gasteiger partial charge in [0.15, 0.2) is 5.75 Å². The molecule has 0 aliphatic rings. The quantitative estimate of drug-likeness (QED) is 0.281. The number of ether oxygens (including phenoxy) is 2. The third kappa shape index (κ3) is 6.37. The molecule has 8 nitrogen and oxygen atoms in total. The number of alkyl halides is 3. The molecule has 186 valence electrons. The first-order valence-corrected chi connectivity index (χ1v) is 10.8. The normalized spacial score (nSPS) is 11.2. The van der Waals surface area contributed by atoms with Crippen LogP contribution in [0.3, 0.4) is 0 Å². The molecule has 0 saturated carbocycles. The van der Waals surface area contributed by atoms with Crippen molar-refractivity contribution >= 4 is 29.1 Å². The summed E-state index contributed by atoms with van der Waals surface area (Å²) in [6, 6.07) is 14.4. The molecule has 36 heavy (non-hydrogen) atoms. The van der Waals surface area contributed by atoms with Crippen molar-refractivity contribution in [3.8, 4) is 34.4 Å². The molecular formula is C23H14Cl2F3N3O5. The lowest BCUT2D eigenvalue weighted by Crippen LogP contribution is -2.23. The summed E-state index contributed by atoms with van der Waals surface area (Å²) in [5.74, 6) is -1.06. The first-order valence-electron chi connectivity index (χ1n) is 10.0. The summed E-state index contributed by atoms with van der Waals surface area (Å²) in [5, 5.41) is 16.0. The van der Waals surface area contributed by atoms with Gasteiger partial charge in [0.2, 0.25) is 5.82 Å². The Morgan fingerprint density at radius 3 is 2.33 bits per heavy atom. The van der Waals surface area contributed by atoms with Crippen LogP contribution in [0.5, 0.6) is 23.0 Å². The van der Waals surface area contributed by atoms with E-state index in [9.17, 15) is 23.1 Å². The highest BCUT2D eigenvalue weighted by atomic mass is 35.5. The highest BCUT2D eigenvalue weighted by Gasteiger charge is 2.31. The van der Waals surface area contributed by atoms with Crippen molar-refractivity contribution in [2.45, 2.75) is 12.9 Å². The molecule has 0 unspecified atom stereocenters. The highest BCUT2D eigenvalue weighted by molar-refractivity contribution is 6.37. The molecule has 1 amide bonds. The number of phenols is 1. The van der Waals surface area contributed by atoms with Gasteiger partial charge in [-0.15, -0.1) is 13.2 Å². The first kappa shape index (κ1) is 25.1. The van der Waals surface area contributed by atoms with Gasteiger partial charge in [-0.25, -0.2) is 0 Å². The van der Waals surface area contributed by atoms with Crippen molar-refractivity contribution in [2.75, 3.05) is 0 Å². The number of halogens is 5. The minimum atomic E-state index is -4.81. The van der Waals surface area contributed by atoms with Crippen molar-refractivity contribution in [3.05, 3.63) is 82.2 Å². The predicted octanol–water partition coefficient (Wildman–Crippen LogP) is 6.37. The monoisotopic (exact) mass is 539 g/mol. The molecule has 3 aromatic carbocycles. The van der Waals surface area contributed by atoms with Crippen LogP contribution in [-0.4, -0.2) is 27.5 Å². The van der Waals surface area contributed by atoms with Gasteiger partial charge >= 0.3 is 18.2 Å². The van der Waals surface area contributed by atoms with Crippen LogP contribution in [0, 0.1) is 0 Å². The molecule has 0 saturated heterocycles. The van der Waals surface area contributed by atoms with Gasteiger partial charge < -0.3 is 24.4 Å². The van der Waals surface area contributed by atoms with Gasteiger partial charge in [-0.1, -0.05) is 46.6 Å². The Balaban J connectivity index is 1.34. The minimum Gasteiger partial charge on any atom is -0.505 e. The molecule has 1 aromatic heterocycles. The fourth-order valence-electron chi connectivity index (χ4n) is 2.93. The van der Waals surface area contributed by atoms with E-state index in [0.29, 0.717) is 16.9 Å². The number of nitrogens with one attached hydrogen (secondary N) is 1. The topological polar surface area (TPSA) is 107 Å². The number of benzene rings is 3. The molecule has 0 fully saturated rings. The summed E-state index contributed by atoms with van der Waals surface area (Å²) in [5.41, 5.74) is 1.04. The van der Waals surface area contributed by atoms with Crippen LogP contribution < -0.4 is 14.8 Å². The Labute approximate surface area is 211 Å². The molecule has 0 aliphatic heterocycles. The third-order valence-corrected chi connectivity index (χ3v) is 5.12. The van der Waals surface area contributed by atoms with E-state index in [1.807, 2.05) is 0 Å². The Hall–Kier alpha value is -3.96. The average molecular weight is 540 g/mol. The third-order valence-electron chi connectivity index (χ3n) is 4.55. The number of nitrogens with zero attached hydrogens (tertiary/aromatic N) is 2. The molecule has 0 aliphatic carbocycles. The fraction of sp³-hybridized carbons (Fsp3) is 0.0870. The Bertz CT molecular complexity index is 1370. The maximum Gasteiger partial charge on any atom is 0.573 e. The van der Waals surface area contributed by atoms with Crippen LogP contribution >= 0.6 is 23.2 Å². The number of rotatable bonds is 7. The van der Waals surface area contributed by atoms with Crippen molar-refractivity contribution in [2.24, 2.45) is 0 Å². The molecule has 4 rings (SSSR count). The first-order chi connectivity index (χ1) is 17.1. The number of amides is 1. The molecule has 1 heterocycles. The molecular weight excluding hydrogens is 526 g/mol. The summed E-state index contributed by atoms with van der Waals surface area (Å²) in [7, 11) is 0. The zero-order valence-electron chi connectivity index (χ0n) is 17.8. The van der Waals surface area contributed by atoms with Gasteiger partial charge in [0, 0.05) is 18.2 Å². The Kier molecular flexibility index (Phi) is 7.22. The van der Waals surface area contributed by atoms with Gasteiger partial charge in [0.25, 0.3) is 0 Å². The van der Waals surface area contributed by atoms with Crippen LogP contribution in [0.1, 0.15) is 16.2 Å². The van der Waals surface area contributed by atoms with Crippen LogP contribution in [-0.2, 0) is 6.54 Å². The molecule has 0 atom stereocenters. The molecule has 2 N–H and O–H groups in total. The van der Waals surface area contributed by atoms with E-state index in [2.05, 4.69) is 20.2 Å². The minimum absolute atomic E-state index is 0.0110. The van der Waals surface area contributed by atoms with E-state index in [1.165, 1.54) is 24.3 Å². The fourth-order valence-corrected chi connectivity index (χ4v) is 3.42. The van der Waals surface area contributed by atoms with Gasteiger partial charge in [-0.05, 0) is 42.0 Å². The summed E-state index contributed by atoms with van der Waals surface area (Å²) >= 11 is 11.8. The average Bonchev–Trinajstić information content (AvgIpc) is 3.31. The maximum atomic E-state index is 12.4. The second-order valence-electron chi connectivity index (χ2n) is 7.16. The number of aromatic nitrogens is 2. The lowest BCUT2D eigenvalue weighted by atomic mass is 10.2. The molecule has 13 heteroatoms. The molecule has 0 spiro atoms. The highest BCUT2D eigenvalue weighted by Crippen LogP contribution is 2.35. The Morgan fingerprint density at radius 1 is 1.00 bits per heavy atom. The summed E-state index contributed by atoms with van der Waals surface area (Å²) in [6.45, 7) is 0.114. The maximum absolute atomic E-state index is 12.4. The second kappa shape index (κ2) is 10.3. The zero-order chi connectivity index (χ0) is 25.9. The molecule has 0 bridgehead atoms. The molecule has 0 radical (unpaired) electrons. The standard InChI is InChI=1S/C23H14Cl2F3N3O5/c24-17-8-13(9-18(25)19(17)32)20-30-22(36-31-20)21(33)29-11-12-4-6-14(7-5-12)34-15-2-1-3-16(10-15)35-23(26,27)28/h1-10,32H,11H2,(H,29,33).